The van der Waals surface area contributed by atoms with Crippen LogP contribution in [0.2, 0.25) is 0 Å². The summed E-state index contributed by atoms with van der Waals surface area (Å²) < 4.78 is 32.7. The third-order valence-corrected chi connectivity index (χ3v) is 9.06. The minimum Gasteiger partial charge on any atom is -0.462 e. The summed E-state index contributed by atoms with van der Waals surface area (Å²) in [7, 11) is -4.39. The number of carbonyl (C=O) groups excluding carboxylic acids is 2. The highest BCUT2D eigenvalue weighted by Gasteiger charge is 2.25. The molecule has 0 aromatic heterocycles. The van der Waals surface area contributed by atoms with Crippen LogP contribution in [0.5, 0.6) is 0 Å². The van der Waals surface area contributed by atoms with Crippen molar-refractivity contribution in [1.82, 2.24) is 0 Å². The second-order valence-corrected chi connectivity index (χ2v) is 14.6. The van der Waals surface area contributed by atoms with Crippen LogP contribution in [0.3, 0.4) is 0 Å². The number of hydrogen-bond donors (Lipinski definition) is 2. The van der Waals surface area contributed by atoms with Gasteiger partial charge in [0.05, 0.1) is 13.2 Å². The Morgan fingerprint density at radius 3 is 1.58 bits per heavy atom. The zero-order chi connectivity index (χ0) is 38.9. The van der Waals surface area contributed by atoms with Gasteiger partial charge in [-0.3, -0.25) is 18.6 Å². The van der Waals surface area contributed by atoms with Crippen LogP contribution >= 0.6 is 7.82 Å². The zero-order valence-electron chi connectivity index (χ0n) is 33.2. The summed E-state index contributed by atoms with van der Waals surface area (Å²) in [5.74, 6) is -0.894. The Balaban J connectivity index is 4.27. The fourth-order valence-electron chi connectivity index (χ4n) is 5.07. The fourth-order valence-corrected chi connectivity index (χ4v) is 5.83. The lowest BCUT2D eigenvalue weighted by molar-refractivity contribution is -0.161. The maximum Gasteiger partial charge on any atom is 0.472 e. The molecule has 10 heteroatoms. The van der Waals surface area contributed by atoms with E-state index in [1.54, 1.807) is 0 Å². The van der Waals surface area contributed by atoms with Crippen molar-refractivity contribution in [2.24, 2.45) is 5.73 Å². The van der Waals surface area contributed by atoms with Crippen LogP contribution in [0.25, 0.3) is 0 Å². The van der Waals surface area contributed by atoms with Crippen molar-refractivity contribution in [3.63, 3.8) is 0 Å². The Kier molecular flexibility index (Phi) is 37.3. The number of phosphoric ester groups is 1. The molecule has 9 nitrogen and oxygen atoms in total. The van der Waals surface area contributed by atoms with Crippen LogP contribution in [0, 0.1) is 0 Å². The Labute approximate surface area is 322 Å². The van der Waals surface area contributed by atoms with Crippen LogP contribution < -0.4 is 5.73 Å². The van der Waals surface area contributed by atoms with Gasteiger partial charge in [-0.15, -0.1) is 0 Å². The summed E-state index contributed by atoms with van der Waals surface area (Å²) in [6.45, 7) is 3.51. The molecular formula is C43H74NO8P. The number of unbranched alkanes of at least 4 members (excludes halogenated alkanes) is 12. The van der Waals surface area contributed by atoms with Crippen LogP contribution in [0.15, 0.2) is 72.9 Å². The standard InChI is InChI=1S/C43H74NO8P/c1-3-5-7-9-11-13-15-17-19-20-22-23-25-27-29-31-33-35-42(45)49-39-41(40-51-53(47,48)50-38-37-44)52-43(46)36-34-32-30-28-26-24-21-18-16-14-12-10-8-6-4-2/h6,8,11-14,17-19,21,26,28,41H,3-5,7,9-10,15-16,20,22-25,27,29-40,44H2,1-2H3,(H,47,48)/b8-6-,13-11-,14-12-,19-17-,21-18-,28-26-. The summed E-state index contributed by atoms with van der Waals surface area (Å²) in [5, 5.41) is 0. The number of rotatable bonds is 37. The first-order valence-corrected chi connectivity index (χ1v) is 21.9. The number of esters is 2. The number of ether oxygens (including phenoxy) is 2. The molecule has 0 aliphatic carbocycles. The van der Waals surface area contributed by atoms with E-state index in [4.69, 9.17) is 24.3 Å². The van der Waals surface area contributed by atoms with Gasteiger partial charge in [-0.1, -0.05) is 132 Å². The topological polar surface area (TPSA) is 134 Å². The van der Waals surface area contributed by atoms with Crippen molar-refractivity contribution >= 4 is 19.8 Å². The lowest BCUT2D eigenvalue weighted by atomic mass is 10.1. The zero-order valence-corrected chi connectivity index (χ0v) is 34.1. The molecular weight excluding hydrogens is 689 g/mol. The van der Waals surface area contributed by atoms with Gasteiger partial charge in [0.1, 0.15) is 6.61 Å². The molecule has 2 unspecified atom stereocenters. The number of phosphoric acid groups is 1. The summed E-state index contributed by atoms with van der Waals surface area (Å²) in [6.07, 6.45) is 46.5. The molecule has 53 heavy (non-hydrogen) atoms. The second kappa shape index (κ2) is 39.2. The Morgan fingerprint density at radius 2 is 1.04 bits per heavy atom. The van der Waals surface area contributed by atoms with Crippen LogP contribution in [0.4, 0.5) is 0 Å². The minimum absolute atomic E-state index is 0.0417. The van der Waals surface area contributed by atoms with Gasteiger partial charge in [0, 0.05) is 19.4 Å². The molecule has 2 atom stereocenters. The highest BCUT2D eigenvalue weighted by atomic mass is 31.2. The number of hydrogen-bond acceptors (Lipinski definition) is 8. The SMILES string of the molecule is CC/C=C\C/C=C\C/C=C\C/C=C\CCCCC(=O)OC(COC(=O)CCCCCCCCC/C=C\C/C=C\CCCCC)COP(=O)(O)OCCN. The van der Waals surface area contributed by atoms with E-state index in [2.05, 4.69) is 86.8 Å². The third kappa shape index (κ3) is 39.0. The van der Waals surface area contributed by atoms with E-state index in [9.17, 15) is 19.0 Å². The molecule has 0 aliphatic heterocycles. The molecule has 0 aromatic carbocycles. The first-order chi connectivity index (χ1) is 25.8. The number of allylic oxidation sites excluding steroid dienone is 12. The minimum atomic E-state index is -4.39. The van der Waals surface area contributed by atoms with E-state index < -0.39 is 32.5 Å². The fraction of sp³-hybridized carbons (Fsp3) is 0.674. The lowest BCUT2D eigenvalue weighted by Crippen LogP contribution is -2.29. The molecule has 0 saturated heterocycles. The maximum atomic E-state index is 12.5. The van der Waals surface area contributed by atoms with Gasteiger partial charge in [0.25, 0.3) is 0 Å². The predicted octanol–water partition coefficient (Wildman–Crippen LogP) is 11.5. The molecule has 0 aliphatic rings. The second-order valence-electron chi connectivity index (χ2n) is 13.1. The van der Waals surface area contributed by atoms with Crippen LogP contribution in [-0.2, 0) is 32.7 Å². The van der Waals surface area contributed by atoms with Crippen LogP contribution in [-0.4, -0.2) is 49.3 Å². The third-order valence-electron chi connectivity index (χ3n) is 8.08. The maximum absolute atomic E-state index is 12.5. The molecule has 3 N–H and O–H groups in total. The summed E-state index contributed by atoms with van der Waals surface area (Å²) in [6, 6.07) is 0. The van der Waals surface area contributed by atoms with Gasteiger partial charge in [0.15, 0.2) is 6.10 Å². The molecule has 0 rings (SSSR count). The molecule has 0 radical (unpaired) electrons. The molecule has 0 aromatic rings. The van der Waals surface area contributed by atoms with Crippen molar-refractivity contribution in [1.29, 1.82) is 0 Å². The van der Waals surface area contributed by atoms with Crippen molar-refractivity contribution < 1.29 is 37.6 Å². The number of nitrogens with two attached hydrogens (primary N) is 1. The van der Waals surface area contributed by atoms with Gasteiger partial charge in [-0.05, 0) is 83.5 Å². The van der Waals surface area contributed by atoms with E-state index in [0.29, 0.717) is 12.8 Å². The van der Waals surface area contributed by atoms with E-state index in [1.165, 1.54) is 44.9 Å². The van der Waals surface area contributed by atoms with Crippen molar-refractivity contribution in [3.8, 4) is 0 Å². The van der Waals surface area contributed by atoms with Crippen molar-refractivity contribution in [2.75, 3.05) is 26.4 Å². The molecule has 0 saturated carbocycles. The molecule has 304 valence electrons. The molecule has 0 bridgehead atoms. The summed E-state index contributed by atoms with van der Waals surface area (Å²) >= 11 is 0. The molecule has 0 amide bonds. The monoisotopic (exact) mass is 764 g/mol. The van der Waals surface area contributed by atoms with E-state index >= 15 is 0 Å². The average molecular weight is 764 g/mol. The number of carbonyl (C=O) groups is 2. The summed E-state index contributed by atoms with van der Waals surface area (Å²) in [5.41, 5.74) is 5.33. The van der Waals surface area contributed by atoms with Crippen LogP contribution in [0.1, 0.15) is 155 Å². The Bertz CT molecular complexity index is 1100. The first kappa shape index (κ1) is 50.5. The Morgan fingerprint density at radius 1 is 0.585 bits per heavy atom. The first-order valence-electron chi connectivity index (χ1n) is 20.4. The van der Waals surface area contributed by atoms with Gasteiger partial charge in [-0.2, -0.15) is 0 Å². The van der Waals surface area contributed by atoms with E-state index in [1.807, 2.05) is 0 Å². The smallest absolute Gasteiger partial charge is 0.462 e. The van der Waals surface area contributed by atoms with Gasteiger partial charge >= 0.3 is 19.8 Å². The molecule has 0 fully saturated rings. The van der Waals surface area contributed by atoms with E-state index in [-0.39, 0.29) is 32.6 Å². The molecule has 0 spiro atoms. The predicted molar refractivity (Wildman–Crippen MR) is 219 cm³/mol. The van der Waals surface area contributed by atoms with E-state index in [0.717, 1.165) is 70.6 Å². The van der Waals surface area contributed by atoms with Gasteiger partial charge < -0.3 is 20.1 Å². The highest BCUT2D eigenvalue weighted by Crippen LogP contribution is 2.43. The van der Waals surface area contributed by atoms with Gasteiger partial charge in [0.2, 0.25) is 0 Å². The largest absolute Gasteiger partial charge is 0.472 e. The Hall–Kier alpha value is -2.55. The van der Waals surface area contributed by atoms with Gasteiger partial charge in [-0.25, -0.2) is 4.57 Å². The normalized spacial score (nSPS) is 14.1. The summed E-state index contributed by atoms with van der Waals surface area (Å²) in [4.78, 5) is 34.8. The highest BCUT2D eigenvalue weighted by molar-refractivity contribution is 7.47. The quantitative estimate of drug-likeness (QED) is 0.0274. The average Bonchev–Trinajstić information content (AvgIpc) is 3.14. The lowest BCUT2D eigenvalue weighted by Gasteiger charge is -2.19. The van der Waals surface area contributed by atoms with Crippen molar-refractivity contribution in [2.45, 2.75) is 161 Å². The van der Waals surface area contributed by atoms with Crippen molar-refractivity contribution in [3.05, 3.63) is 72.9 Å². The molecule has 0 heterocycles.